The van der Waals surface area contributed by atoms with Crippen LogP contribution in [0.15, 0.2) is 18.5 Å². The van der Waals surface area contributed by atoms with Gasteiger partial charge in [0, 0.05) is 24.4 Å². The van der Waals surface area contributed by atoms with Gasteiger partial charge in [0.15, 0.2) is 6.29 Å². The van der Waals surface area contributed by atoms with Gasteiger partial charge >= 0.3 is 6.01 Å². The summed E-state index contributed by atoms with van der Waals surface area (Å²) < 4.78 is 31.4. The lowest BCUT2D eigenvalue weighted by molar-refractivity contribution is -0.256. The minimum absolute atomic E-state index is 0.0584. The molecule has 0 bridgehead atoms. The Morgan fingerprint density at radius 2 is 1.77 bits per heavy atom. The Labute approximate surface area is 280 Å². The van der Waals surface area contributed by atoms with Crippen LogP contribution in [0.3, 0.4) is 0 Å². The van der Waals surface area contributed by atoms with Crippen molar-refractivity contribution in [1.29, 1.82) is 0 Å². The van der Waals surface area contributed by atoms with E-state index in [1.807, 2.05) is 0 Å². The molecule has 13 atom stereocenters. The fraction of sp³-hybridized carbons (Fsp3) is 0.895. The largest absolute Gasteiger partial charge is 0.461 e. The molecule has 8 aliphatic rings. The average Bonchev–Trinajstić information content (AvgIpc) is 3.66. The number of nitrogens with zero attached hydrogens (tertiary/aromatic N) is 3. The molecular formula is C38H57N3O6. The van der Waals surface area contributed by atoms with Crippen LogP contribution >= 0.6 is 0 Å². The number of aromatic nitrogens is 2. The Morgan fingerprint density at radius 1 is 1.00 bits per heavy atom. The molecule has 1 aromatic heterocycles. The molecule has 0 amide bonds. The maximum Gasteiger partial charge on any atom is 0.316 e. The van der Waals surface area contributed by atoms with Crippen molar-refractivity contribution in [2.75, 3.05) is 39.5 Å². The van der Waals surface area contributed by atoms with Gasteiger partial charge in [0.25, 0.3) is 0 Å². The molecule has 5 saturated carbocycles. The van der Waals surface area contributed by atoms with Crippen molar-refractivity contribution in [3.8, 4) is 6.01 Å². The molecule has 4 heterocycles. The number of aliphatic hydroxyl groups is 1. The predicted molar refractivity (Wildman–Crippen MR) is 174 cm³/mol. The number of morpholine rings is 1. The monoisotopic (exact) mass is 651 g/mol. The van der Waals surface area contributed by atoms with E-state index in [4.69, 9.17) is 23.7 Å². The van der Waals surface area contributed by atoms with Gasteiger partial charge in [-0.2, -0.15) is 0 Å². The third-order valence-electron chi connectivity index (χ3n) is 16.3. The maximum absolute atomic E-state index is 12.5. The third kappa shape index (κ3) is 4.28. The van der Waals surface area contributed by atoms with Gasteiger partial charge in [-0.15, -0.1) is 0 Å². The zero-order chi connectivity index (χ0) is 32.4. The van der Waals surface area contributed by atoms with E-state index in [-0.39, 0.29) is 40.8 Å². The molecule has 9 heteroatoms. The first-order chi connectivity index (χ1) is 22.5. The highest BCUT2D eigenvalue weighted by Gasteiger charge is 2.84. The van der Waals surface area contributed by atoms with E-state index < -0.39 is 6.10 Å². The van der Waals surface area contributed by atoms with Gasteiger partial charge in [-0.3, -0.25) is 4.90 Å². The van der Waals surface area contributed by atoms with Gasteiger partial charge < -0.3 is 28.8 Å². The van der Waals surface area contributed by atoms with Crippen molar-refractivity contribution in [1.82, 2.24) is 14.9 Å². The second-order valence-electron chi connectivity index (χ2n) is 18.1. The third-order valence-corrected chi connectivity index (χ3v) is 16.3. The molecule has 1 N–H and O–H groups in total. The average molecular weight is 652 g/mol. The Hall–Kier alpha value is -1.36. The van der Waals surface area contributed by atoms with Crippen molar-refractivity contribution in [3.63, 3.8) is 0 Å². The van der Waals surface area contributed by atoms with Gasteiger partial charge in [-0.05, 0) is 103 Å². The highest BCUT2D eigenvalue weighted by atomic mass is 16.7. The minimum Gasteiger partial charge on any atom is -0.461 e. The molecule has 9 rings (SSSR count). The zero-order valence-corrected chi connectivity index (χ0v) is 29.2. The molecule has 3 aliphatic heterocycles. The summed E-state index contributed by atoms with van der Waals surface area (Å²) in [6, 6.07) is 2.72. The lowest BCUT2D eigenvalue weighted by Gasteiger charge is -2.64. The van der Waals surface area contributed by atoms with Crippen molar-refractivity contribution in [2.45, 2.75) is 123 Å². The van der Waals surface area contributed by atoms with E-state index in [9.17, 15) is 5.11 Å². The Morgan fingerprint density at radius 3 is 2.53 bits per heavy atom. The lowest BCUT2D eigenvalue weighted by atomic mass is 9.41. The Bertz CT molecular complexity index is 1350. The van der Waals surface area contributed by atoms with Gasteiger partial charge in [-0.25, -0.2) is 9.97 Å². The SMILES string of the molecule is C[C@@H]1C[C@H](COc2ncccn2)O[C@H]2C1[C@@]1(C)CC[C@@]34C[C@@]35CC[C@H](O[C@H]3CN(C6COC6)CCO3)C(C)(C)[C@@H]5CC[C@H]4[C@]1(C)[C@H]2O. The van der Waals surface area contributed by atoms with E-state index in [0.29, 0.717) is 53.2 Å². The number of aliphatic hydroxyl groups excluding tert-OH is 1. The zero-order valence-electron chi connectivity index (χ0n) is 29.2. The summed E-state index contributed by atoms with van der Waals surface area (Å²) >= 11 is 0. The summed E-state index contributed by atoms with van der Waals surface area (Å²) in [5.74, 6) is 2.00. The second-order valence-corrected chi connectivity index (χ2v) is 18.1. The summed E-state index contributed by atoms with van der Waals surface area (Å²) in [5.41, 5.74) is 0.694. The van der Waals surface area contributed by atoms with Crippen LogP contribution in [-0.2, 0) is 18.9 Å². The van der Waals surface area contributed by atoms with Crippen LogP contribution < -0.4 is 4.74 Å². The van der Waals surface area contributed by atoms with Crippen LogP contribution in [0.25, 0.3) is 0 Å². The van der Waals surface area contributed by atoms with Crippen LogP contribution in [0.5, 0.6) is 6.01 Å². The molecule has 8 fully saturated rings. The van der Waals surface area contributed by atoms with Crippen LogP contribution in [0.2, 0.25) is 0 Å². The molecule has 5 aliphatic carbocycles. The molecule has 0 aromatic carbocycles. The van der Waals surface area contributed by atoms with Crippen molar-refractivity contribution in [3.05, 3.63) is 18.5 Å². The highest BCUT2D eigenvalue weighted by molar-refractivity contribution is 5.32. The minimum atomic E-state index is -0.466. The van der Waals surface area contributed by atoms with E-state index in [1.165, 1.54) is 38.5 Å². The second kappa shape index (κ2) is 10.8. The molecule has 3 saturated heterocycles. The number of hydrogen-bond acceptors (Lipinski definition) is 9. The van der Waals surface area contributed by atoms with Gasteiger partial charge in [0.2, 0.25) is 0 Å². The topological polar surface area (TPSA) is 95.4 Å². The predicted octanol–water partition coefficient (Wildman–Crippen LogP) is 5.11. The summed E-state index contributed by atoms with van der Waals surface area (Å²) in [7, 11) is 0. The van der Waals surface area contributed by atoms with Gasteiger partial charge in [-0.1, -0.05) is 34.6 Å². The summed E-state index contributed by atoms with van der Waals surface area (Å²) in [4.78, 5) is 11.0. The maximum atomic E-state index is 12.5. The first-order valence-electron chi connectivity index (χ1n) is 18.9. The summed E-state index contributed by atoms with van der Waals surface area (Å²) in [6.45, 7) is 17.1. The fourth-order valence-electron chi connectivity index (χ4n) is 13.9. The molecule has 260 valence electrons. The highest BCUT2D eigenvalue weighted by Crippen LogP contribution is 2.89. The van der Waals surface area contributed by atoms with E-state index in [2.05, 4.69) is 49.5 Å². The standard InChI is InChI=1S/C38H57N3O6/c1-23-17-25(21-45-33-39-13-6-14-40-33)46-31-30(23)35(4)11-12-38-22-37(38)10-9-28(47-29-18-41(15-16-44-29)24-19-43-20-24)34(2,3)26(37)7-8-27(38)36(35,5)32(31)42/h6,13-14,23-32,42H,7-12,15-22H2,1-5H3/t23-,25-,26+,27+,28+,29+,30?,31+,32+,35-,36-,37-,38+/m1/s1. The van der Waals surface area contributed by atoms with Gasteiger partial charge in [0.1, 0.15) is 6.61 Å². The normalized spacial score (nSPS) is 51.8. The molecule has 0 radical (unpaired) electrons. The van der Waals surface area contributed by atoms with Crippen molar-refractivity contribution in [2.24, 2.45) is 50.7 Å². The first kappa shape index (κ1) is 31.6. The lowest BCUT2D eigenvalue weighted by Crippen LogP contribution is -2.60. The Balaban J connectivity index is 0.928. The summed E-state index contributed by atoms with van der Waals surface area (Å²) in [5, 5.41) is 12.5. The first-order valence-corrected chi connectivity index (χ1v) is 18.9. The number of fused-ring (bicyclic) bond motifs is 4. The number of rotatable bonds is 6. The van der Waals surface area contributed by atoms with Crippen LogP contribution in [0.4, 0.5) is 0 Å². The molecule has 47 heavy (non-hydrogen) atoms. The van der Waals surface area contributed by atoms with Crippen LogP contribution in [0, 0.1) is 50.7 Å². The molecular weight excluding hydrogens is 594 g/mol. The van der Waals surface area contributed by atoms with Crippen LogP contribution in [0.1, 0.15) is 86.0 Å². The fourth-order valence-corrected chi connectivity index (χ4v) is 13.9. The molecule has 9 nitrogen and oxygen atoms in total. The Kier molecular flexibility index (Phi) is 7.28. The molecule has 1 unspecified atom stereocenters. The van der Waals surface area contributed by atoms with E-state index >= 15 is 0 Å². The smallest absolute Gasteiger partial charge is 0.316 e. The van der Waals surface area contributed by atoms with Gasteiger partial charge in [0.05, 0.1) is 56.8 Å². The molecule has 2 spiro atoms. The quantitative estimate of drug-likeness (QED) is 0.450. The van der Waals surface area contributed by atoms with E-state index in [0.717, 1.165) is 45.8 Å². The van der Waals surface area contributed by atoms with Crippen molar-refractivity contribution < 1.29 is 28.8 Å². The molecule has 1 aromatic rings. The van der Waals surface area contributed by atoms with Crippen molar-refractivity contribution >= 4 is 0 Å². The van der Waals surface area contributed by atoms with E-state index in [1.54, 1.807) is 18.5 Å². The van der Waals surface area contributed by atoms with Crippen LogP contribution in [-0.4, -0.2) is 96.2 Å². The number of hydrogen-bond donors (Lipinski definition) is 1. The number of ether oxygens (including phenoxy) is 5. The summed E-state index contributed by atoms with van der Waals surface area (Å²) in [6.07, 6.45) is 12.4.